The summed E-state index contributed by atoms with van der Waals surface area (Å²) in [5.74, 6) is -1.30. The molecule has 0 aromatic carbocycles. The van der Waals surface area contributed by atoms with Crippen LogP contribution in [0.3, 0.4) is 0 Å². The van der Waals surface area contributed by atoms with Crippen molar-refractivity contribution in [3.05, 3.63) is 0 Å². The number of aliphatic carboxylic acids is 1. The van der Waals surface area contributed by atoms with Gasteiger partial charge >= 0.3 is 5.97 Å². The highest BCUT2D eigenvalue weighted by Gasteiger charge is 2.33. The van der Waals surface area contributed by atoms with Crippen LogP contribution in [0.15, 0.2) is 0 Å². The van der Waals surface area contributed by atoms with Crippen molar-refractivity contribution in [1.29, 1.82) is 0 Å². The fourth-order valence-electron chi connectivity index (χ4n) is 1.56. The first-order valence-corrected chi connectivity index (χ1v) is 4.20. The maximum absolute atomic E-state index is 11.0. The molecule has 1 heterocycles. The molecule has 5 nitrogen and oxygen atoms in total. The van der Waals surface area contributed by atoms with Gasteiger partial charge in [0, 0.05) is 13.5 Å². The number of hydrogen-bond donors (Lipinski definition) is 2. The van der Waals surface area contributed by atoms with E-state index in [9.17, 15) is 14.7 Å². The van der Waals surface area contributed by atoms with E-state index in [1.165, 1.54) is 11.8 Å². The summed E-state index contributed by atoms with van der Waals surface area (Å²) in [4.78, 5) is 22.9. The molecule has 0 radical (unpaired) electrons. The number of likely N-dealkylation sites (tertiary alicyclic amines) is 1. The molecule has 1 amide bonds. The fraction of sp³-hybridized carbons (Fsp3) is 0.750. The van der Waals surface area contributed by atoms with E-state index in [1.807, 2.05) is 0 Å². The highest BCUT2D eigenvalue weighted by Crippen LogP contribution is 2.17. The Morgan fingerprint density at radius 2 is 2.00 bits per heavy atom. The Morgan fingerprint density at radius 3 is 2.46 bits per heavy atom. The molecule has 1 aliphatic heterocycles. The number of aliphatic hydroxyl groups is 1. The monoisotopic (exact) mass is 187 g/mol. The minimum absolute atomic E-state index is 0.131. The molecule has 0 aromatic heterocycles. The van der Waals surface area contributed by atoms with E-state index in [4.69, 9.17) is 5.11 Å². The van der Waals surface area contributed by atoms with E-state index in [-0.39, 0.29) is 12.5 Å². The molecule has 2 atom stereocenters. The van der Waals surface area contributed by atoms with Crippen molar-refractivity contribution < 1.29 is 19.8 Å². The number of β-amino-alcohol motifs (C(OH)–C–C–N with tert-alkyl or cyclic N) is 1. The summed E-state index contributed by atoms with van der Waals surface area (Å²) in [5, 5.41) is 18.0. The van der Waals surface area contributed by atoms with Crippen LogP contribution in [-0.2, 0) is 9.59 Å². The van der Waals surface area contributed by atoms with Gasteiger partial charge in [-0.1, -0.05) is 0 Å². The Hall–Kier alpha value is -1.10. The number of amides is 1. The average molecular weight is 187 g/mol. The Kier molecular flexibility index (Phi) is 2.87. The van der Waals surface area contributed by atoms with Crippen LogP contribution in [0.2, 0.25) is 0 Å². The average Bonchev–Trinajstić information content (AvgIpc) is 2.03. The number of carbonyl (C=O) groups excluding carboxylic acids is 1. The van der Waals surface area contributed by atoms with Crippen molar-refractivity contribution in [2.45, 2.75) is 31.9 Å². The molecule has 1 aliphatic rings. The maximum Gasteiger partial charge on any atom is 0.326 e. The highest BCUT2D eigenvalue weighted by molar-refractivity contribution is 5.82. The number of carboxylic acid groups (broad SMARTS) is 1. The number of piperidine rings is 1. The summed E-state index contributed by atoms with van der Waals surface area (Å²) in [5.41, 5.74) is 0. The number of rotatable bonds is 1. The molecule has 1 rings (SSSR count). The lowest BCUT2D eigenvalue weighted by atomic mass is 10.0. The second-order valence-electron chi connectivity index (χ2n) is 3.26. The number of carbonyl (C=O) groups is 2. The predicted octanol–water partition coefficient (Wildman–Crippen LogP) is -0.557. The lowest BCUT2D eigenvalue weighted by Crippen LogP contribution is -2.51. The van der Waals surface area contributed by atoms with Crippen molar-refractivity contribution in [1.82, 2.24) is 4.90 Å². The van der Waals surface area contributed by atoms with E-state index < -0.39 is 18.1 Å². The SMILES string of the molecule is CC(=O)N1C[C@@H](O)CC[C@H]1C(=O)O. The van der Waals surface area contributed by atoms with Gasteiger partial charge in [-0.2, -0.15) is 0 Å². The second kappa shape index (κ2) is 3.74. The third-order valence-electron chi connectivity index (χ3n) is 2.25. The number of nitrogens with zero attached hydrogens (tertiary/aromatic N) is 1. The Morgan fingerprint density at radius 1 is 1.38 bits per heavy atom. The molecule has 0 aromatic rings. The van der Waals surface area contributed by atoms with Crippen LogP contribution in [-0.4, -0.2) is 45.7 Å². The van der Waals surface area contributed by atoms with Gasteiger partial charge in [-0.15, -0.1) is 0 Å². The maximum atomic E-state index is 11.0. The molecule has 74 valence electrons. The number of carboxylic acids is 1. The molecule has 2 N–H and O–H groups in total. The predicted molar refractivity (Wildman–Crippen MR) is 44.1 cm³/mol. The Balaban J connectivity index is 2.72. The fourth-order valence-corrected chi connectivity index (χ4v) is 1.56. The van der Waals surface area contributed by atoms with E-state index in [1.54, 1.807) is 0 Å². The largest absolute Gasteiger partial charge is 0.480 e. The molecule has 0 unspecified atom stereocenters. The topological polar surface area (TPSA) is 77.8 Å². The molecular weight excluding hydrogens is 174 g/mol. The van der Waals surface area contributed by atoms with Crippen LogP contribution in [0.4, 0.5) is 0 Å². The van der Waals surface area contributed by atoms with Gasteiger partial charge in [0.15, 0.2) is 0 Å². The summed E-state index contributed by atoms with van der Waals surface area (Å²) in [6, 6.07) is -0.763. The van der Waals surface area contributed by atoms with Crippen LogP contribution >= 0.6 is 0 Å². The van der Waals surface area contributed by atoms with Crippen molar-refractivity contribution in [3.63, 3.8) is 0 Å². The van der Waals surface area contributed by atoms with Crippen molar-refractivity contribution >= 4 is 11.9 Å². The zero-order chi connectivity index (χ0) is 10.0. The summed E-state index contributed by atoms with van der Waals surface area (Å²) in [6.45, 7) is 1.44. The molecule has 1 saturated heterocycles. The van der Waals surface area contributed by atoms with Gasteiger partial charge in [0.25, 0.3) is 0 Å². The molecular formula is C8H13NO4. The van der Waals surface area contributed by atoms with Crippen LogP contribution in [0.1, 0.15) is 19.8 Å². The minimum Gasteiger partial charge on any atom is -0.480 e. The molecule has 5 heteroatoms. The summed E-state index contributed by atoms with van der Waals surface area (Å²) >= 11 is 0. The number of aliphatic hydroxyl groups excluding tert-OH is 1. The van der Waals surface area contributed by atoms with Crippen molar-refractivity contribution in [2.24, 2.45) is 0 Å². The molecule has 0 spiro atoms. The van der Waals surface area contributed by atoms with E-state index >= 15 is 0 Å². The van der Waals surface area contributed by atoms with Gasteiger partial charge in [0.1, 0.15) is 6.04 Å². The first-order valence-electron chi connectivity index (χ1n) is 4.20. The number of hydrogen-bond acceptors (Lipinski definition) is 3. The van der Waals surface area contributed by atoms with E-state index in [2.05, 4.69) is 0 Å². The first-order chi connectivity index (χ1) is 6.02. The third kappa shape index (κ3) is 2.18. The zero-order valence-electron chi connectivity index (χ0n) is 7.43. The summed E-state index contributed by atoms with van der Waals surface area (Å²) < 4.78 is 0. The molecule has 0 bridgehead atoms. The van der Waals surface area contributed by atoms with Gasteiger partial charge in [0.2, 0.25) is 5.91 Å². The Labute approximate surface area is 76.0 Å². The first kappa shape index (κ1) is 9.98. The molecule has 1 fully saturated rings. The van der Waals surface area contributed by atoms with Crippen LogP contribution < -0.4 is 0 Å². The smallest absolute Gasteiger partial charge is 0.326 e. The summed E-state index contributed by atoms with van der Waals surface area (Å²) in [7, 11) is 0. The lowest BCUT2D eigenvalue weighted by molar-refractivity contribution is -0.153. The Bertz CT molecular complexity index is 228. The molecule has 13 heavy (non-hydrogen) atoms. The highest BCUT2D eigenvalue weighted by atomic mass is 16.4. The summed E-state index contributed by atoms with van der Waals surface area (Å²) in [6.07, 6.45) is 0.191. The molecule has 0 aliphatic carbocycles. The van der Waals surface area contributed by atoms with E-state index in [0.717, 1.165) is 0 Å². The van der Waals surface area contributed by atoms with E-state index in [0.29, 0.717) is 12.8 Å². The van der Waals surface area contributed by atoms with Crippen molar-refractivity contribution in [3.8, 4) is 0 Å². The van der Waals surface area contributed by atoms with Crippen LogP contribution in [0, 0.1) is 0 Å². The van der Waals surface area contributed by atoms with Gasteiger partial charge < -0.3 is 15.1 Å². The second-order valence-corrected chi connectivity index (χ2v) is 3.26. The lowest BCUT2D eigenvalue weighted by Gasteiger charge is -2.34. The van der Waals surface area contributed by atoms with Gasteiger partial charge in [-0.25, -0.2) is 4.79 Å². The van der Waals surface area contributed by atoms with Crippen LogP contribution in [0.5, 0.6) is 0 Å². The normalized spacial score (nSPS) is 28.6. The molecule has 0 saturated carbocycles. The van der Waals surface area contributed by atoms with Gasteiger partial charge in [0.05, 0.1) is 6.10 Å². The zero-order valence-corrected chi connectivity index (χ0v) is 7.43. The standard InChI is InChI=1S/C8H13NO4/c1-5(10)9-4-6(11)2-3-7(9)8(12)13/h6-7,11H,2-4H2,1H3,(H,12,13)/t6-,7-/m0/s1. The third-order valence-corrected chi connectivity index (χ3v) is 2.25. The quantitative estimate of drug-likeness (QED) is 0.577. The van der Waals surface area contributed by atoms with Gasteiger partial charge in [-0.05, 0) is 12.8 Å². The van der Waals surface area contributed by atoms with Gasteiger partial charge in [-0.3, -0.25) is 4.79 Å². The van der Waals surface area contributed by atoms with Crippen molar-refractivity contribution in [2.75, 3.05) is 6.54 Å². The van der Waals surface area contributed by atoms with Crippen LogP contribution in [0.25, 0.3) is 0 Å². The minimum atomic E-state index is -0.998.